The highest BCUT2D eigenvalue weighted by Crippen LogP contribution is 2.39. The molecule has 1 heterocycles. The number of fused-ring (bicyclic) bond motifs is 1. The number of esters is 1. The first-order chi connectivity index (χ1) is 20.9. The molecule has 1 saturated carbocycles. The summed E-state index contributed by atoms with van der Waals surface area (Å²) in [6.07, 6.45) is -3.55. The van der Waals surface area contributed by atoms with E-state index in [1.165, 1.54) is 19.1 Å². The molecule has 1 N–H and O–H groups in total. The van der Waals surface area contributed by atoms with E-state index in [9.17, 15) is 27.2 Å². The number of methoxy groups -OCH3 is 2. The SMILES string of the molecule is COC(=O)C1CC(COc2cc(NC(C(=O)N3CCc4cc(F)c(OC(F)(F)F)cc43)c3ccc(Cl)cc3)cc(OC)c2)C1. The Morgan fingerprint density at radius 3 is 2.41 bits per heavy atom. The number of amides is 1. The summed E-state index contributed by atoms with van der Waals surface area (Å²) in [4.78, 5) is 27.1. The summed E-state index contributed by atoms with van der Waals surface area (Å²) in [5.41, 5.74) is 1.49. The first-order valence-corrected chi connectivity index (χ1v) is 14.1. The molecule has 234 valence electrons. The van der Waals surface area contributed by atoms with Gasteiger partial charge in [-0.25, -0.2) is 4.39 Å². The van der Waals surface area contributed by atoms with Crippen LogP contribution >= 0.6 is 11.6 Å². The molecule has 5 rings (SSSR count). The number of hydrogen-bond donors (Lipinski definition) is 1. The van der Waals surface area contributed by atoms with Crippen molar-refractivity contribution in [3.8, 4) is 17.2 Å². The number of ether oxygens (including phenoxy) is 4. The number of alkyl halides is 3. The maximum atomic E-state index is 14.4. The first-order valence-electron chi connectivity index (χ1n) is 13.8. The maximum absolute atomic E-state index is 14.4. The van der Waals surface area contributed by atoms with Crippen molar-refractivity contribution in [2.75, 3.05) is 37.6 Å². The van der Waals surface area contributed by atoms with Gasteiger partial charge in [-0.1, -0.05) is 23.7 Å². The lowest BCUT2D eigenvalue weighted by atomic mass is 9.75. The monoisotopic (exact) mass is 636 g/mol. The average Bonchev–Trinajstić information content (AvgIpc) is 3.36. The van der Waals surface area contributed by atoms with Crippen molar-refractivity contribution in [3.63, 3.8) is 0 Å². The average molecular weight is 637 g/mol. The number of benzene rings is 3. The number of halogens is 5. The van der Waals surface area contributed by atoms with E-state index >= 15 is 0 Å². The van der Waals surface area contributed by atoms with Gasteiger partial charge in [-0.15, -0.1) is 13.2 Å². The van der Waals surface area contributed by atoms with Gasteiger partial charge in [-0.3, -0.25) is 9.59 Å². The zero-order valence-electron chi connectivity index (χ0n) is 23.8. The summed E-state index contributed by atoms with van der Waals surface area (Å²) < 4.78 is 73.2. The third-order valence-electron chi connectivity index (χ3n) is 7.65. The molecular formula is C31H29ClF4N2O6. The highest BCUT2D eigenvalue weighted by Gasteiger charge is 2.37. The topological polar surface area (TPSA) is 86.3 Å². The van der Waals surface area contributed by atoms with Gasteiger partial charge in [-0.2, -0.15) is 0 Å². The number of carbonyl (C=O) groups is 2. The van der Waals surface area contributed by atoms with Gasteiger partial charge >= 0.3 is 12.3 Å². The minimum Gasteiger partial charge on any atom is -0.497 e. The van der Waals surface area contributed by atoms with Gasteiger partial charge in [-0.05, 0) is 54.5 Å². The molecule has 1 amide bonds. The lowest BCUT2D eigenvalue weighted by Crippen LogP contribution is -2.37. The van der Waals surface area contributed by atoms with Crippen molar-refractivity contribution in [1.29, 1.82) is 0 Å². The Bertz CT molecular complexity index is 1530. The summed E-state index contributed by atoms with van der Waals surface area (Å²) in [7, 11) is 2.85. The van der Waals surface area contributed by atoms with Gasteiger partial charge in [0.1, 0.15) is 17.5 Å². The molecule has 8 nitrogen and oxygen atoms in total. The molecular weight excluding hydrogens is 608 g/mol. The highest BCUT2D eigenvalue weighted by atomic mass is 35.5. The second kappa shape index (κ2) is 12.8. The van der Waals surface area contributed by atoms with E-state index in [1.54, 1.807) is 42.5 Å². The van der Waals surface area contributed by atoms with Crippen molar-refractivity contribution < 1.29 is 46.1 Å². The van der Waals surface area contributed by atoms with Crippen LogP contribution in [0.2, 0.25) is 5.02 Å². The Morgan fingerprint density at radius 2 is 1.75 bits per heavy atom. The van der Waals surface area contributed by atoms with Crippen LogP contribution < -0.4 is 24.4 Å². The number of rotatable bonds is 10. The van der Waals surface area contributed by atoms with E-state index < -0.39 is 29.9 Å². The van der Waals surface area contributed by atoms with Crippen LogP contribution in [0.5, 0.6) is 17.2 Å². The molecule has 0 saturated heterocycles. The number of nitrogens with zero attached hydrogens (tertiary/aromatic N) is 1. The molecule has 0 spiro atoms. The van der Waals surface area contributed by atoms with Crippen molar-refractivity contribution in [1.82, 2.24) is 0 Å². The van der Waals surface area contributed by atoms with Crippen LogP contribution in [0.3, 0.4) is 0 Å². The normalized spacial score (nSPS) is 18.1. The van der Waals surface area contributed by atoms with Crippen LogP contribution in [0.4, 0.5) is 28.9 Å². The van der Waals surface area contributed by atoms with Crippen molar-refractivity contribution in [3.05, 3.63) is 76.6 Å². The molecule has 44 heavy (non-hydrogen) atoms. The summed E-state index contributed by atoms with van der Waals surface area (Å²) >= 11 is 6.09. The van der Waals surface area contributed by atoms with Gasteiger partial charge < -0.3 is 29.2 Å². The molecule has 1 aliphatic carbocycles. The van der Waals surface area contributed by atoms with Crippen LogP contribution in [-0.2, 0) is 20.7 Å². The summed E-state index contributed by atoms with van der Waals surface area (Å²) in [5.74, 6) is -1.97. The fourth-order valence-corrected chi connectivity index (χ4v) is 5.51. The van der Waals surface area contributed by atoms with Crippen molar-refractivity contribution in [2.45, 2.75) is 31.7 Å². The zero-order valence-corrected chi connectivity index (χ0v) is 24.5. The first kappa shape index (κ1) is 31.2. The Labute approximate surface area is 255 Å². The van der Waals surface area contributed by atoms with Gasteiger partial charge in [0.2, 0.25) is 0 Å². The molecule has 0 bridgehead atoms. The largest absolute Gasteiger partial charge is 0.573 e. The van der Waals surface area contributed by atoms with Crippen LogP contribution in [0.25, 0.3) is 0 Å². The Morgan fingerprint density at radius 1 is 1.05 bits per heavy atom. The van der Waals surface area contributed by atoms with Gasteiger partial charge in [0.15, 0.2) is 11.6 Å². The lowest BCUT2D eigenvalue weighted by Gasteiger charge is -2.33. The number of anilines is 2. The predicted molar refractivity (Wildman–Crippen MR) is 154 cm³/mol. The quantitative estimate of drug-likeness (QED) is 0.196. The summed E-state index contributed by atoms with van der Waals surface area (Å²) in [6.45, 7) is 0.484. The smallest absolute Gasteiger partial charge is 0.497 e. The van der Waals surface area contributed by atoms with Crippen LogP contribution in [0.15, 0.2) is 54.6 Å². The third-order valence-corrected chi connectivity index (χ3v) is 7.91. The fourth-order valence-electron chi connectivity index (χ4n) is 5.39. The van der Waals surface area contributed by atoms with E-state index in [4.69, 9.17) is 25.8 Å². The predicted octanol–water partition coefficient (Wildman–Crippen LogP) is 6.71. The second-order valence-corrected chi connectivity index (χ2v) is 11.0. The van der Waals surface area contributed by atoms with Gasteiger partial charge in [0, 0.05) is 41.5 Å². The van der Waals surface area contributed by atoms with Crippen molar-refractivity contribution in [2.24, 2.45) is 11.8 Å². The lowest BCUT2D eigenvalue weighted by molar-refractivity contribution is -0.275. The van der Waals surface area contributed by atoms with Crippen LogP contribution in [-0.4, -0.2) is 45.6 Å². The van der Waals surface area contributed by atoms with E-state index in [0.717, 1.165) is 12.1 Å². The Balaban J connectivity index is 1.40. The fraction of sp³-hybridized carbons (Fsp3) is 0.355. The highest BCUT2D eigenvalue weighted by molar-refractivity contribution is 6.30. The Hall–Kier alpha value is -4.19. The molecule has 3 aromatic rings. The van der Waals surface area contributed by atoms with E-state index in [-0.39, 0.29) is 36.5 Å². The van der Waals surface area contributed by atoms with E-state index in [0.29, 0.717) is 52.8 Å². The van der Waals surface area contributed by atoms with E-state index in [1.807, 2.05) is 0 Å². The molecule has 1 atom stereocenters. The summed E-state index contributed by atoms with van der Waals surface area (Å²) in [5, 5.41) is 3.65. The number of hydrogen-bond acceptors (Lipinski definition) is 7. The number of nitrogens with one attached hydrogen (secondary N) is 1. The van der Waals surface area contributed by atoms with E-state index in [2.05, 4.69) is 10.1 Å². The minimum absolute atomic E-state index is 0.120. The number of carbonyl (C=O) groups excluding carboxylic acids is 2. The van der Waals surface area contributed by atoms with Gasteiger partial charge in [0.05, 0.1) is 32.4 Å². The minimum atomic E-state index is -5.11. The maximum Gasteiger partial charge on any atom is 0.573 e. The van der Waals surface area contributed by atoms with Crippen molar-refractivity contribution >= 4 is 34.9 Å². The molecule has 3 aromatic carbocycles. The zero-order chi connectivity index (χ0) is 31.6. The van der Waals surface area contributed by atoms with Crippen LogP contribution in [0, 0.1) is 17.7 Å². The molecule has 0 aromatic heterocycles. The Kier molecular flexibility index (Phi) is 9.10. The molecule has 0 radical (unpaired) electrons. The third kappa shape index (κ3) is 7.12. The standard InChI is InChI=1S/C31H29ClF4N2O6/c1-41-23-12-22(13-24(14-23)43-16-17-9-20(10-17)30(40)42-2)37-28(18-3-5-21(32)6-4-18)29(39)38-8-7-19-11-25(33)27(15-26(19)38)44-31(34,35)36/h3-6,11-15,17,20,28,37H,7-10,16H2,1-2H3. The van der Waals surface area contributed by atoms with Gasteiger partial charge in [0.25, 0.3) is 5.91 Å². The molecule has 1 fully saturated rings. The van der Waals surface area contributed by atoms with Crippen LogP contribution in [0.1, 0.15) is 30.0 Å². The molecule has 1 aliphatic heterocycles. The molecule has 13 heteroatoms. The molecule has 2 aliphatic rings. The second-order valence-electron chi connectivity index (χ2n) is 10.6. The summed E-state index contributed by atoms with van der Waals surface area (Å²) in [6, 6.07) is 12.4. The molecule has 1 unspecified atom stereocenters.